The fraction of sp³-hybridized carbons (Fsp3) is 0.526. The normalized spacial score (nSPS) is 13.0. The molecule has 1 heterocycles. The van der Waals surface area contributed by atoms with E-state index in [1.807, 2.05) is 25.1 Å². The highest BCUT2D eigenvalue weighted by molar-refractivity contribution is 6.31. The number of aryl methyl sites for hydroxylation is 1. The number of halogens is 1. The first kappa shape index (κ1) is 21.2. The Balaban J connectivity index is 2.13. The van der Waals surface area contributed by atoms with Gasteiger partial charge in [-0.3, -0.25) is 4.90 Å². The summed E-state index contributed by atoms with van der Waals surface area (Å²) in [6.45, 7) is 11.8. The zero-order valence-corrected chi connectivity index (χ0v) is 17.3. The minimum absolute atomic E-state index is 0.142. The van der Waals surface area contributed by atoms with E-state index in [4.69, 9.17) is 16.1 Å². The van der Waals surface area contributed by atoms with Crippen molar-refractivity contribution in [2.24, 2.45) is 4.99 Å². The van der Waals surface area contributed by atoms with Crippen LogP contribution in [0.25, 0.3) is 0 Å². The van der Waals surface area contributed by atoms with Gasteiger partial charge in [-0.2, -0.15) is 4.98 Å². The Bertz CT molecular complexity index is 728. The van der Waals surface area contributed by atoms with Crippen molar-refractivity contribution in [3.63, 3.8) is 0 Å². The molecule has 1 aromatic heterocycles. The summed E-state index contributed by atoms with van der Waals surface area (Å²) in [6, 6.07) is 8.14. The van der Waals surface area contributed by atoms with Crippen molar-refractivity contribution in [1.29, 1.82) is 0 Å². The Morgan fingerprint density at radius 3 is 2.56 bits per heavy atom. The Morgan fingerprint density at radius 1 is 1.22 bits per heavy atom. The van der Waals surface area contributed by atoms with Crippen molar-refractivity contribution < 1.29 is 4.52 Å². The molecule has 0 aliphatic rings. The number of nitrogens with one attached hydrogen (secondary N) is 2. The zero-order chi connectivity index (χ0) is 19.6. The van der Waals surface area contributed by atoms with Gasteiger partial charge in [0.15, 0.2) is 11.8 Å². The third-order valence-corrected chi connectivity index (χ3v) is 4.61. The highest BCUT2D eigenvalue weighted by atomic mass is 35.5. The standard InChI is InChI=1S/C19H29ClN6O/c1-5-21-19(23-13-18-24-14(4)25-27-18)22-12-17(26(6-2)7-3)15-10-8-9-11-16(15)20/h8-11,17H,5-7,12-13H2,1-4H3,(H2,21,22,23). The van der Waals surface area contributed by atoms with Crippen LogP contribution in [0.3, 0.4) is 0 Å². The van der Waals surface area contributed by atoms with Crippen LogP contribution in [0.5, 0.6) is 0 Å². The molecular formula is C19H29ClN6O. The molecule has 2 N–H and O–H groups in total. The lowest BCUT2D eigenvalue weighted by Gasteiger charge is -2.31. The first-order valence-corrected chi connectivity index (χ1v) is 9.76. The topological polar surface area (TPSA) is 78.6 Å². The fourth-order valence-electron chi connectivity index (χ4n) is 2.93. The summed E-state index contributed by atoms with van der Waals surface area (Å²) in [4.78, 5) is 11.1. The summed E-state index contributed by atoms with van der Waals surface area (Å²) in [7, 11) is 0. The number of aromatic nitrogens is 2. The zero-order valence-electron chi connectivity index (χ0n) is 16.5. The average molecular weight is 393 g/mol. The van der Waals surface area contributed by atoms with Crippen molar-refractivity contribution >= 4 is 17.6 Å². The molecule has 148 valence electrons. The van der Waals surface area contributed by atoms with E-state index < -0.39 is 0 Å². The number of guanidine groups is 1. The molecule has 7 nitrogen and oxygen atoms in total. The van der Waals surface area contributed by atoms with Gasteiger partial charge in [0.05, 0.1) is 6.04 Å². The van der Waals surface area contributed by atoms with Crippen LogP contribution in [0.1, 0.15) is 44.1 Å². The molecule has 2 rings (SSSR count). The number of benzene rings is 1. The monoisotopic (exact) mass is 392 g/mol. The van der Waals surface area contributed by atoms with Gasteiger partial charge in [-0.25, -0.2) is 4.99 Å². The second-order valence-electron chi connectivity index (χ2n) is 6.07. The van der Waals surface area contributed by atoms with Crippen LogP contribution >= 0.6 is 11.6 Å². The molecule has 0 saturated carbocycles. The molecule has 2 aromatic rings. The maximum absolute atomic E-state index is 6.47. The van der Waals surface area contributed by atoms with Crippen molar-refractivity contribution in [3.8, 4) is 0 Å². The van der Waals surface area contributed by atoms with Gasteiger partial charge in [0.1, 0.15) is 6.54 Å². The molecule has 0 saturated heterocycles. The molecule has 8 heteroatoms. The van der Waals surface area contributed by atoms with Gasteiger partial charge in [-0.15, -0.1) is 0 Å². The summed E-state index contributed by atoms with van der Waals surface area (Å²) in [6.07, 6.45) is 0. The maximum atomic E-state index is 6.47. The molecule has 27 heavy (non-hydrogen) atoms. The molecule has 0 bridgehead atoms. The Hall–Kier alpha value is -2.12. The number of hydrogen-bond acceptors (Lipinski definition) is 5. The highest BCUT2D eigenvalue weighted by Crippen LogP contribution is 2.26. The van der Waals surface area contributed by atoms with E-state index >= 15 is 0 Å². The minimum atomic E-state index is 0.142. The van der Waals surface area contributed by atoms with Gasteiger partial charge < -0.3 is 15.2 Å². The lowest BCUT2D eigenvalue weighted by Crippen LogP contribution is -2.43. The largest absolute Gasteiger partial charge is 0.357 e. The predicted octanol–water partition coefficient (Wildman–Crippen LogP) is 3.17. The van der Waals surface area contributed by atoms with Crippen molar-refractivity contribution in [1.82, 2.24) is 25.7 Å². The van der Waals surface area contributed by atoms with Crippen LogP contribution in [0.15, 0.2) is 33.8 Å². The number of nitrogens with zero attached hydrogens (tertiary/aromatic N) is 4. The lowest BCUT2D eigenvalue weighted by molar-refractivity contribution is 0.219. The Morgan fingerprint density at radius 2 is 1.96 bits per heavy atom. The molecular weight excluding hydrogens is 364 g/mol. The van der Waals surface area contributed by atoms with E-state index in [9.17, 15) is 0 Å². The number of hydrogen-bond donors (Lipinski definition) is 2. The van der Waals surface area contributed by atoms with Gasteiger partial charge in [-0.1, -0.05) is 48.8 Å². The van der Waals surface area contributed by atoms with Crippen molar-refractivity contribution in [2.75, 3.05) is 26.2 Å². The van der Waals surface area contributed by atoms with Gasteiger partial charge in [-0.05, 0) is 38.6 Å². The first-order valence-electron chi connectivity index (χ1n) is 9.38. The summed E-state index contributed by atoms with van der Waals surface area (Å²) in [5, 5.41) is 11.2. The van der Waals surface area contributed by atoms with Gasteiger partial charge in [0.25, 0.3) is 0 Å². The van der Waals surface area contributed by atoms with Crippen LogP contribution in [0, 0.1) is 6.92 Å². The van der Waals surface area contributed by atoms with Crippen molar-refractivity contribution in [3.05, 3.63) is 46.6 Å². The SMILES string of the molecule is CCNC(=NCc1nc(C)no1)NCC(c1ccccc1Cl)N(CC)CC. The Kier molecular flexibility index (Phi) is 8.54. The predicted molar refractivity (Wildman–Crippen MR) is 109 cm³/mol. The fourth-order valence-corrected chi connectivity index (χ4v) is 3.19. The second-order valence-corrected chi connectivity index (χ2v) is 6.48. The maximum Gasteiger partial charge on any atom is 0.248 e. The van der Waals surface area contributed by atoms with Crippen LogP contribution in [-0.2, 0) is 6.54 Å². The van der Waals surface area contributed by atoms with Crippen LogP contribution in [0.2, 0.25) is 5.02 Å². The molecule has 1 atom stereocenters. The van der Waals surface area contributed by atoms with Crippen LogP contribution in [0.4, 0.5) is 0 Å². The first-order chi connectivity index (χ1) is 13.1. The third kappa shape index (κ3) is 6.22. The Labute approximate surface area is 166 Å². The average Bonchev–Trinajstić information content (AvgIpc) is 3.09. The molecule has 0 fully saturated rings. The van der Waals surface area contributed by atoms with E-state index in [0.717, 1.165) is 30.2 Å². The van der Waals surface area contributed by atoms with Crippen molar-refractivity contribution in [2.45, 2.75) is 40.3 Å². The van der Waals surface area contributed by atoms with Crippen LogP contribution in [-0.4, -0.2) is 47.2 Å². The van der Waals surface area contributed by atoms with E-state index in [0.29, 0.717) is 30.8 Å². The molecule has 0 amide bonds. The van der Waals surface area contributed by atoms with E-state index in [1.54, 1.807) is 6.92 Å². The molecule has 0 radical (unpaired) electrons. The lowest BCUT2D eigenvalue weighted by atomic mass is 10.0. The summed E-state index contributed by atoms with van der Waals surface area (Å²) in [5.41, 5.74) is 1.11. The third-order valence-electron chi connectivity index (χ3n) is 4.27. The quantitative estimate of drug-likeness (QED) is 0.504. The smallest absolute Gasteiger partial charge is 0.248 e. The number of rotatable bonds is 9. The van der Waals surface area contributed by atoms with E-state index in [2.05, 4.69) is 50.6 Å². The minimum Gasteiger partial charge on any atom is -0.357 e. The summed E-state index contributed by atoms with van der Waals surface area (Å²) >= 11 is 6.47. The van der Waals surface area contributed by atoms with E-state index in [1.165, 1.54) is 0 Å². The van der Waals surface area contributed by atoms with E-state index in [-0.39, 0.29) is 6.04 Å². The number of aliphatic imine (C=N–C) groups is 1. The molecule has 0 aliphatic carbocycles. The number of likely N-dealkylation sites (N-methyl/N-ethyl adjacent to an activating group) is 1. The molecule has 0 spiro atoms. The van der Waals surface area contributed by atoms with Crippen LogP contribution < -0.4 is 10.6 Å². The highest BCUT2D eigenvalue weighted by Gasteiger charge is 2.20. The van der Waals surface area contributed by atoms with Gasteiger partial charge in [0.2, 0.25) is 5.89 Å². The van der Waals surface area contributed by atoms with Gasteiger partial charge >= 0.3 is 0 Å². The second kappa shape index (κ2) is 10.9. The molecule has 1 unspecified atom stereocenters. The molecule has 0 aliphatic heterocycles. The summed E-state index contributed by atoms with van der Waals surface area (Å²) in [5.74, 6) is 1.81. The summed E-state index contributed by atoms with van der Waals surface area (Å²) < 4.78 is 5.13. The van der Waals surface area contributed by atoms with Gasteiger partial charge in [0, 0.05) is 18.1 Å². The molecule has 1 aromatic carbocycles.